The predicted octanol–water partition coefficient (Wildman–Crippen LogP) is 2.99. The van der Waals surface area contributed by atoms with Gasteiger partial charge in [-0.05, 0) is 36.8 Å². The van der Waals surface area contributed by atoms with Crippen molar-refractivity contribution in [3.8, 4) is 0 Å². The molecular formula is C20H20ClFN2O3. The molecule has 2 aromatic rings. The van der Waals surface area contributed by atoms with Crippen molar-refractivity contribution in [1.29, 1.82) is 0 Å². The third kappa shape index (κ3) is 4.28. The Morgan fingerprint density at radius 2 is 2.04 bits per heavy atom. The lowest BCUT2D eigenvalue weighted by atomic mass is 10.0. The number of aliphatic hydroxyl groups excluding tert-OH is 1. The van der Waals surface area contributed by atoms with Crippen LogP contribution in [0, 0.1) is 18.7 Å². The summed E-state index contributed by atoms with van der Waals surface area (Å²) in [6.45, 7) is 1.83. The highest BCUT2D eigenvalue weighted by Gasteiger charge is 2.35. The van der Waals surface area contributed by atoms with Crippen LogP contribution in [-0.4, -0.2) is 30.1 Å². The van der Waals surface area contributed by atoms with Crippen LogP contribution in [0.4, 0.5) is 10.1 Å². The number of aryl methyl sites for hydroxylation is 1. The first-order valence-corrected chi connectivity index (χ1v) is 9.00. The fourth-order valence-electron chi connectivity index (χ4n) is 3.11. The minimum atomic E-state index is -0.771. The second-order valence-corrected chi connectivity index (χ2v) is 7.07. The van der Waals surface area contributed by atoms with Crippen molar-refractivity contribution < 1.29 is 19.1 Å². The third-order valence-corrected chi connectivity index (χ3v) is 4.99. The predicted molar refractivity (Wildman–Crippen MR) is 101 cm³/mol. The van der Waals surface area contributed by atoms with Crippen LogP contribution < -0.4 is 10.2 Å². The van der Waals surface area contributed by atoms with Crippen molar-refractivity contribution in [3.63, 3.8) is 0 Å². The van der Waals surface area contributed by atoms with Gasteiger partial charge in [-0.25, -0.2) is 4.39 Å². The van der Waals surface area contributed by atoms with Crippen LogP contribution in [0.25, 0.3) is 0 Å². The molecule has 0 bridgehead atoms. The molecule has 27 heavy (non-hydrogen) atoms. The van der Waals surface area contributed by atoms with Gasteiger partial charge in [0.2, 0.25) is 11.8 Å². The summed E-state index contributed by atoms with van der Waals surface area (Å²) in [5.74, 6) is -1.64. The molecule has 5 nitrogen and oxygen atoms in total. The smallest absolute Gasteiger partial charge is 0.227 e. The number of carbonyl (C=O) groups excluding carboxylic acids is 2. The number of benzene rings is 2. The Morgan fingerprint density at radius 1 is 1.33 bits per heavy atom. The molecule has 0 saturated carbocycles. The van der Waals surface area contributed by atoms with Crippen LogP contribution in [0.2, 0.25) is 5.02 Å². The monoisotopic (exact) mass is 390 g/mol. The molecule has 2 N–H and O–H groups in total. The number of anilines is 1. The molecule has 142 valence electrons. The summed E-state index contributed by atoms with van der Waals surface area (Å²) in [4.78, 5) is 26.5. The Hall–Kier alpha value is -2.44. The molecule has 1 heterocycles. The molecule has 0 unspecified atom stereocenters. The van der Waals surface area contributed by atoms with Gasteiger partial charge in [0.1, 0.15) is 5.82 Å². The second kappa shape index (κ2) is 8.06. The van der Waals surface area contributed by atoms with E-state index < -0.39 is 24.4 Å². The van der Waals surface area contributed by atoms with Gasteiger partial charge in [0, 0.05) is 18.7 Å². The minimum absolute atomic E-state index is 0.0307. The number of nitrogens with zero attached hydrogens (tertiary/aromatic N) is 1. The van der Waals surface area contributed by atoms with Crippen molar-refractivity contribution in [2.75, 3.05) is 18.1 Å². The molecular weight excluding hydrogens is 371 g/mol. The molecule has 1 aliphatic rings. The lowest BCUT2D eigenvalue weighted by Crippen LogP contribution is -2.37. The number of hydrogen-bond donors (Lipinski definition) is 2. The van der Waals surface area contributed by atoms with E-state index in [1.807, 2.05) is 31.2 Å². The summed E-state index contributed by atoms with van der Waals surface area (Å²) >= 11 is 5.67. The van der Waals surface area contributed by atoms with Crippen molar-refractivity contribution in [3.05, 3.63) is 64.4 Å². The molecule has 2 amide bonds. The van der Waals surface area contributed by atoms with Gasteiger partial charge in [-0.1, -0.05) is 35.4 Å². The van der Waals surface area contributed by atoms with E-state index >= 15 is 0 Å². The van der Waals surface area contributed by atoms with Crippen LogP contribution in [0.15, 0.2) is 42.5 Å². The quantitative estimate of drug-likeness (QED) is 0.824. The lowest BCUT2D eigenvalue weighted by Gasteiger charge is -2.20. The van der Waals surface area contributed by atoms with Gasteiger partial charge in [0.05, 0.1) is 23.6 Å². The number of amides is 2. The average Bonchev–Trinajstić information content (AvgIpc) is 3.04. The molecule has 2 aromatic carbocycles. The summed E-state index contributed by atoms with van der Waals surface area (Å²) < 4.78 is 13.7. The number of halogens is 2. The standard InChI is InChI=1S/C20H20ClFN2O3/c1-12-2-5-15(6-3-12)24-10-14(9-19(24)26)20(27)23-18(11-25)13-4-7-16(21)17(22)8-13/h2-8,14,18,25H,9-11H2,1H3,(H,23,27)/t14-,18-/m1/s1. The van der Waals surface area contributed by atoms with Gasteiger partial charge < -0.3 is 15.3 Å². The number of rotatable bonds is 5. The first kappa shape index (κ1) is 19.3. The van der Waals surface area contributed by atoms with Gasteiger partial charge in [-0.2, -0.15) is 0 Å². The van der Waals surface area contributed by atoms with E-state index in [0.717, 1.165) is 11.3 Å². The van der Waals surface area contributed by atoms with Gasteiger partial charge in [-0.3, -0.25) is 9.59 Å². The summed E-state index contributed by atoms with van der Waals surface area (Å²) in [5.41, 5.74) is 2.24. The first-order valence-electron chi connectivity index (χ1n) is 8.62. The molecule has 1 aliphatic heterocycles. The lowest BCUT2D eigenvalue weighted by molar-refractivity contribution is -0.127. The van der Waals surface area contributed by atoms with E-state index in [1.54, 1.807) is 11.0 Å². The second-order valence-electron chi connectivity index (χ2n) is 6.66. The SMILES string of the molecule is Cc1ccc(N2C[C@H](C(=O)N[C@H](CO)c3ccc(Cl)c(F)c3)CC2=O)cc1. The minimum Gasteiger partial charge on any atom is -0.394 e. The van der Waals surface area contributed by atoms with Crippen molar-refractivity contribution >= 4 is 29.1 Å². The van der Waals surface area contributed by atoms with Crippen LogP contribution in [0.3, 0.4) is 0 Å². The molecule has 1 saturated heterocycles. The first-order chi connectivity index (χ1) is 12.9. The van der Waals surface area contributed by atoms with Crippen LogP contribution in [0.1, 0.15) is 23.6 Å². The molecule has 1 fully saturated rings. The Kier molecular flexibility index (Phi) is 5.77. The molecule has 0 aliphatic carbocycles. The zero-order valence-electron chi connectivity index (χ0n) is 14.8. The van der Waals surface area contributed by atoms with Gasteiger partial charge in [0.15, 0.2) is 0 Å². The van der Waals surface area contributed by atoms with E-state index in [9.17, 15) is 19.1 Å². The normalized spacial score (nSPS) is 17.9. The number of aliphatic hydroxyl groups is 1. The summed E-state index contributed by atoms with van der Waals surface area (Å²) in [6, 6.07) is 10.8. The molecule has 2 atom stereocenters. The zero-order chi connectivity index (χ0) is 19.6. The summed E-state index contributed by atoms with van der Waals surface area (Å²) in [6.07, 6.45) is 0.0901. The Morgan fingerprint density at radius 3 is 2.67 bits per heavy atom. The maximum absolute atomic E-state index is 13.7. The van der Waals surface area contributed by atoms with Crippen molar-refractivity contribution in [1.82, 2.24) is 5.32 Å². The third-order valence-electron chi connectivity index (χ3n) is 4.69. The van der Waals surface area contributed by atoms with Crippen LogP contribution >= 0.6 is 11.6 Å². The molecule has 0 radical (unpaired) electrons. The Labute approximate surface area is 161 Å². The van der Waals surface area contributed by atoms with E-state index in [2.05, 4.69) is 5.32 Å². The number of hydrogen-bond acceptors (Lipinski definition) is 3. The molecule has 0 aromatic heterocycles. The maximum Gasteiger partial charge on any atom is 0.227 e. The van der Waals surface area contributed by atoms with E-state index in [-0.39, 0.29) is 29.8 Å². The van der Waals surface area contributed by atoms with E-state index in [1.165, 1.54) is 12.1 Å². The van der Waals surface area contributed by atoms with Gasteiger partial charge in [0.25, 0.3) is 0 Å². The molecule has 3 rings (SSSR count). The Bertz CT molecular complexity index is 857. The summed E-state index contributed by atoms with van der Waals surface area (Å²) in [5, 5.41) is 12.3. The molecule has 0 spiro atoms. The average molecular weight is 391 g/mol. The van der Waals surface area contributed by atoms with Crippen LogP contribution in [-0.2, 0) is 9.59 Å². The highest BCUT2D eigenvalue weighted by Crippen LogP contribution is 2.26. The van der Waals surface area contributed by atoms with E-state index in [0.29, 0.717) is 5.56 Å². The fourth-order valence-corrected chi connectivity index (χ4v) is 3.23. The van der Waals surface area contributed by atoms with Crippen LogP contribution in [0.5, 0.6) is 0 Å². The zero-order valence-corrected chi connectivity index (χ0v) is 15.5. The summed E-state index contributed by atoms with van der Waals surface area (Å²) in [7, 11) is 0. The number of carbonyl (C=O) groups is 2. The molecule has 7 heteroatoms. The van der Waals surface area contributed by atoms with Gasteiger partial charge >= 0.3 is 0 Å². The van der Waals surface area contributed by atoms with Gasteiger partial charge in [-0.15, -0.1) is 0 Å². The Balaban J connectivity index is 1.69. The largest absolute Gasteiger partial charge is 0.394 e. The van der Waals surface area contributed by atoms with Crippen molar-refractivity contribution in [2.24, 2.45) is 5.92 Å². The number of nitrogens with one attached hydrogen (secondary N) is 1. The highest BCUT2D eigenvalue weighted by atomic mass is 35.5. The van der Waals surface area contributed by atoms with E-state index in [4.69, 9.17) is 11.6 Å². The fraction of sp³-hybridized carbons (Fsp3) is 0.300. The maximum atomic E-state index is 13.7. The highest BCUT2D eigenvalue weighted by molar-refractivity contribution is 6.30. The topological polar surface area (TPSA) is 69.6 Å². The van der Waals surface area contributed by atoms with Crippen molar-refractivity contribution in [2.45, 2.75) is 19.4 Å².